The second-order valence-electron chi connectivity index (χ2n) is 11.4. The predicted molar refractivity (Wildman–Crippen MR) is 157 cm³/mol. The summed E-state index contributed by atoms with van der Waals surface area (Å²) in [6, 6.07) is 3.68. The van der Waals surface area contributed by atoms with E-state index in [1.54, 1.807) is 17.8 Å². The first-order valence-electron chi connectivity index (χ1n) is 12.8. The molecule has 0 fully saturated rings. The van der Waals surface area contributed by atoms with Gasteiger partial charge in [0.05, 0.1) is 19.1 Å². The number of halogens is 1. The molecule has 2 aromatic heterocycles. The van der Waals surface area contributed by atoms with E-state index in [0.717, 1.165) is 28.4 Å². The minimum absolute atomic E-state index is 0.104. The maximum Gasteiger partial charge on any atom is 0.354 e. The lowest BCUT2D eigenvalue weighted by atomic mass is 9.97. The van der Waals surface area contributed by atoms with Gasteiger partial charge in [-0.15, -0.1) is 0 Å². The summed E-state index contributed by atoms with van der Waals surface area (Å²) in [5.41, 5.74) is 4.55. The Bertz CT molecular complexity index is 1500. The summed E-state index contributed by atoms with van der Waals surface area (Å²) in [5, 5.41) is 5.85. The summed E-state index contributed by atoms with van der Waals surface area (Å²) < 4.78 is 43.7. The molecule has 0 saturated heterocycles. The molecular weight excluding hydrogens is 558 g/mol. The van der Waals surface area contributed by atoms with Crippen LogP contribution in [0.2, 0.25) is 23.2 Å². The number of hydrogen-bond donors (Lipinski definition) is 0. The Kier molecular flexibility index (Phi) is 9.13. The van der Waals surface area contributed by atoms with E-state index in [9.17, 15) is 13.2 Å². The zero-order valence-electron chi connectivity index (χ0n) is 24.6. The summed E-state index contributed by atoms with van der Waals surface area (Å²) in [5.74, 6) is -0.445. The normalized spacial score (nSPS) is 12.9. The van der Waals surface area contributed by atoms with Crippen LogP contribution in [0.4, 0.5) is 0 Å². The minimum atomic E-state index is -3.69. The van der Waals surface area contributed by atoms with Crippen LogP contribution < -0.4 is 0 Å². The third-order valence-corrected chi connectivity index (χ3v) is 13.1. The summed E-state index contributed by atoms with van der Waals surface area (Å²) >= 11 is 6.81. The molecule has 0 saturated carbocycles. The average molecular weight is 598 g/mol. The summed E-state index contributed by atoms with van der Waals surface area (Å²) in [6.45, 7) is 15.7. The highest BCUT2D eigenvalue weighted by molar-refractivity contribution is 7.85. The van der Waals surface area contributed by atoms with Crippen LogP contribution in [-0.2, 0) is 43.7 Å². The van der Waals surface area contributed by atoms with Crippen molar-refractivity contribution in [2.75, 3.05) is 20.0 Å². The molecule has 39 heavy (non-hydrogen) atoms. The maximum atomic E-state index is 13.0. The number of fused-ring (bicyclic) bond motifs is 1. The van der Waals surface area contributed by atoms with Crippen molar-refractivity contribution < 1.29 is 26.6 Å². The first kappa shape index (κ1) is 31.3. The van der Waals surface area contributed by atoms with Crippen LogP contribution in [0.25, 0.3) is 22.0 Å². The first-order chi connectivity index (χ1) is 17.9. The molecule has 3 aromatic rings. The Balaban J connectivity index is 2.16. The predicted octanol–water partition coefficient (Wildman–Crippen LogP) is 5.99. The standard InChI is InChI=1S/C27H40ClN3O6SSi/c1-17-22-21(31(25(17)26(32)35-7)14-11-15-37-39(9,10)27(3,4)5)13-12-19(28)24(22)23-18(2)30(6)29-20(23)16-36-38(8,33)34/h12-13H,11,14-16H2,1-10H3. The van der Waals surface area contributed by atoms with Crippen LogP contribution in [0.1, 0.15) is 54.6 Å². The van der Waals surface area contributed by atoms with Crippen molar-refractivity contribution in [2.24, 2.45) is 7.05 Å². The maximum absolute atomic E-state index is 13.0. The zero-order valence-corrected chi connectivity index (χ0v) is 27.1. The minimum Gasteiger partial charge on any atom is -0.464 e. The van der Waals surface area contributed by atoms with Gasteiger partial charge in [0.15, 0.2) is 8.32 Å². The fourth-order valence-corrected chi connectivity index (χ4v) is 6.15. The number of nitrogens with zero attached hydrogens (tertiary/aromatic N) is 3. The van der Waals surface area contributed by atoms with E-state index in [1.165, 1.54) is 7.11 Å². The number of benzene rings is 1. The van der Waals surface area contributed by atoms with Crippen LogP contribution in [0, 0.1) is 13.8 Å². The Morgan fingerprint density at radius 1 is 1.15 bits per heavy atom. The van der Waals surface area contributed by atoms with Gasteiger partial charge in [-0.05, 0) is 56.1 Å². The van der Waals surface area contributed by atoms with Crippen LogP contribution in [0.15, 0.2) is 12.1 Å². The Hall–Kier alpha value is -2.18. The molecule has 0 amide bonds. The van der Waals surface area contributed by atoms with Crippen LogP contribution in [-0.4, -0.2) is 57.0 Å². The largest absolute Gasteiger partial charge is 0.464 e. The molecule has 0 aliphatic carbocycles. The van der Waals surface area contributed by atoms with Crippen molar-refractivity contribution in [1.82, 2.24) is 14.3 Å². The molecule has 216 valence electrons. The van der Waals surface area contributed by atoms with Gasteiger partial charge in [-0.2, -0.15) is 13.5 Å². The van der Waals surface area contributed by atoms with Crippen LogP contribution in [0.5, 0.6) is 0 Å². The van der Waals surface area contributed by atoms with E-state index in [1.807, 2.05) is 24.5 Å². The Morgan fingerprint density at radius 3 is 2.36 bits per heavy atom. The number of esters is 1. The topological polar surface area (TPSA) is 102 Å². The van der Waals surface area contributed by atoms with Gasteiger partial charge >= 0.3 is 5.97 Å². The van der Waals surface area contributed by atoms with Gasteiger partial charge in [-0.3, -0.25) is 8.86 Å². The number of aryl methyl sites for hydroxylation is 3. The smallest absolute Gasteiger partial charge is 0.354 e. The molecule has 3 rings (SSSR count). The lowest BCUT2D eigenvalue weighted by Gasteiger charge is -2.36. The van der Waals surface area contributed by atoms with Crippen molar-refractivity contribution in [1.29, 1.82) is 0 Å². The van der Waals surface area contributed by atoms with Crippen molar-refractivity contribution in [2.45, 2.75) is 72.3 Å². The molecule has 0 N–H and O–H groups in total. The number of rotatable bonds is 10. The average Bonchev–Trinajstić information content (AvgIpc) is 3.26. The van der Waals surface area contributed by atoms with Crippen molar-refractivity contribution in [3.8, 4) is 11.1 Å². The van der Waals surface area contributed by atoms with E-state index in [0.29, 0.717) is 47.1 Å². The lowest BCUT2D eigenvalue weighted by Crippen LogP contribution is -2.41. The van der Waals surface area contributed by atoms with Crippen molar-refractivity contribution in [3.63, 3.8) is 0 Å². The van der Waals surface area contributed by atoms with E-state index in [4.69, 9.17) is 24.9 Å². The number of methoxy groups -OCH3 is 1. The van der Waals surface area contributed by atoms with Gasteiger partial charge in [0.1, 0.15) is 12.3 Å². The van der Waals surface area contributed by atoms with Gasteiger partial charge in [0, 0.05) is 52.9 Å². The van der Waals surface area contributed by atoms with Crippen molar-refractivity contribution in [3.05, 3.63) is 39.8 Å². The molecular formula is C27H40ClN3O6SSi. The zero-order chi connectivity index (χ0) is 29.5. The highest BCUT2D eigenvalue weighted by Gasteiger charge is 2.37. The van der Waals surface area contributed by atoms with E-state index >= 15 is 0 Å². The number of carbonyl (C=O) groups is 1. The second-order valence-corrected chi connectivity index (χ2v) is 18.3. The summed E-state index contributed by atoms with van der Waals surface area (Å²) in [7, 11) is -2.46. The fraction of sp³-hybridized carbons (Fsp3) is 0.556. The first-order valence-corrected chi connectivity index (χ1v) is 17.9. The SMILES string of the molecule is COC(=O)c1c(C)c2c(-c3c(COS(C)(=O)=O)nn(C)c3C)c(Cl)ccc2n1CCCO[Si](C)(C)C(C)(C)C. The lowest BCUT2D eigenvalue weighted by molar-refractivity contribution is 0.0587. The highest BCUT2D eigenvalue weighted by atomic mass is 35.5. The van der Waals surface area contributed by atoms with Crippen LogP contribution >= 0.6 is 11.6 Å². The summed E-state index contributed by atoms with van der Waals surface area (Å²) in [4.78, 5) is 13.0. The molecule has 2 heterocycles. The molecule has 0 aliphatic heterocycles. The van der Waals surface area contributed by atoms with Gasteiger partial charge in [-0.25, -0.2) is 4.79 Å². The molecule has 12 heteroatoms. The molecule has 1 aromatic carbocycles. The van der Waals surface area contributed by atoms with Gasteiger partial charge in [0.25, 0.3) is 10.1 Å². The molecule has 9 nitrogen and oxygen atoms in total. The van der Waals surface area contributed by atoms with Gasteiger partial charge < -0.3 is 13.7 Å². The molecule has 0 unspecified atom stereocenters. The van der Waals surface area contributed by atoms with E-state index in [2.05, 4.69) is 39.0 Å². The van der Waals surface area contributed by atoms with Gasteiger partial charge in [0.2, 0.25) is 0 Å². The number of ether oxygens (including phenoxy) is 1. The third-order valence-electron chi connectivity index (χ3n) is 7.66. The number of carbonyl (C=O) groups excluding carboxylic acids is 1. The van der Waals surface area contributed by atoms with E-state index in [-0.39, 0.29) is 11.6 Å². The Morgan fingerprint density at radius 2 is 1.79 bits per heavy atom. The number of aromatic nitrogens is 3. The molecule has 0 bridgehead atoms. The highest BCUT2D eigenvalue weighted by Crippen LogP contribution is 2.43. The van der Waals surface area contributed by atoms with Crippen molar-refractivity contribution >= 4 is 46.9 Å². The molecule has 0 aliphatic rings. The number of hydrogen-bond acceptors (Lipinski definition) is 7. The molecule has 0 radical (unpaired) electrons. The second kappa shape index (κ2) is 11.4. The van der Waals surface area contributed by atoms with E-state index < -0.39 is 24.4 Å². The molecule has 0 atom stereocenters. The third kappa shape index (κ3) is 6.43. The van der Waals surface area contributed by atoms with Gasteiger partial charge in [-0.1, -0.05) is 32.4 Å². The molecule has 0 spiro atoms. The Labute approximate surface area is 237 Å². The fourth-order valence-electron chi connectivity index (χ4n) is 4.48. The van der Waals surface area contributed by atoms with Crippen LogP contribution in [0.3, 0.4) is 0 Å². The quantitative estimate of drug-likeness (QED) is 0.122. The monoisotopic (exact) mass is 597 g/mol. The summed E-state index contributed by atoms with van der Waals surface area (Å²) in [6.07, 6.45) is 1.70.